The van der Waals surface area contributed by atoms with Crippen molar-refractivity contribution in [1.82, 2.24) is 0 Å². The molecule has 1 saturated carbocycles. The predicted octanol–water partition coefficient (Wildman–Crippen LogP) is 11.1. The van der Waals surface area contributed by atoms with Gasteiger partial charge in [-0.15, -0.1) is 0 Å². The van der Waals surface area contributed by atoms with Crippen molar-refractivity contribution in [2.24, 2.45) is 0 Å². The maximum atomic E-state index is 12.9. The Morgan fingerprint density at radius 3 is 1.33 bits per heavy atom. The molecule has 0 amide bonds. The van der Waals surface area contributed by atoms with Gasteiger partial charge in [0.1, 0.15) is 43.2 Å². The van der Waals surface area contributed by atoms with Crippen LogP contribution in [0.3, 0.4) is 0 Å². The minimum atomic E-state index is -5.13. The number of unbranched alkanes of at least 4 members (excludes halogenated alkanes) is 18. The molecule has 0 radical (unpaired) electrons. The molecule has 0 bridgehead atoms. The van der Waals surface area contributed by atoms with E-state index in [4.69, 9.17) is 18.5 Å². The van der Waals surface area contributed by atoms with E-state index in [0.717, 1.165) is 83.5 Å². The van der Waals surface area contributed by atoms with Crippen molar-refractivity contribution in [2.75, 3.05) is 13.2 Å². The summed E-state index contributed by atoms with van der Waals surface area (Å²) in [5, 5.41) is 50.3. The Morgan fingerprint density at radius 2 is 0.851 bits per heavy atom. The van der Waals surface area contributed by atoms with Crippen LogP contribution in [0.15, 0.2) is 72.9 Å². The number of aliphatic hydroxyl groups excluding tert-OH is 5. The maximum absolute atomic E-state index is 12.9. The van der Waals surface area contributed by atoms with Crippen molar-refractivity contribution in [1.29, 1.82) is 0 Å². The van der Waals surface area contributed by atoms with Crippen LogP contribution >= 0.6 is 7.82 Å². The lowest BCUT2D eigenvalue weighted by Crippen LogP contribution is -2.64. The zero-order valence-electron chi connectivity index (χ0n) is 41.2. The van der Waals surface area contributed by atoms with Crippen molar-refractivity contribution >= 4 is 19.8 Å². The minimum absolute atomic E-state index is 0.0839. The van der Waals surface area contributed by atoms with Gasteiger partial charge in [-0.3, -0.25) is 18.6 Å². The van der Waals surface area contributed by atoms with Crippen molar-refractivity contribution in [2.45, 2.75) is 236 Å². The van der Waals surface area contributed by atoms with E-state index in [-0.39, 0.29) is 12.8 Å². The summed E-state index contributed by atoms with van der Waals surface area (Å²) >= 11 is 0. The van der Waals surface area contributed by atoms with Gasteiger partial charge in [0.2, 0.25) is 0 Å². The van der Waals surface area contributed by atoms with Gasteiger partial charge >= 0.3 is 19.8 Å². The summed E-state index contributed by atoms with van der Waals surface area (Å²) in [4.78, 5) is 35.8. The Balaban J connectivity index is 2.43. The molecule has 0 aromatic rings. The van der Waals surface area contributed by atoms with Crippen LogP contribution in [0.4, 0.5) is 0 Å². The van der Waals surface area contributed by atoms with Crippen molar-refractivity contribution < 1.29 is 63.1 Å². The fourth-order valence-electron chi connectivity index (χ4n) is 7.43. The van der Waals surface area contributed by atoms with Gasteiger partial charge in [0.15, 0.2) is 6.10 Å². The molecule has 1 aliphatic rings. The first-order valence-electron chi connectivity index (χ1n) is 25.7. The third-order valence-electron chi connectivity index (χ3n) is 11.5. The fraction of sp³-hybridized carbons (Fsp3) is 0.736. The fourth-order valence-corrected chi connectivity index (χ4v) is 8.40. The molecular formula is C53H91O13P. The number of carbonyl (C=O) groups is 2. The topological polar surface area (TPSA) is 210 Å². The molecule has 1 fully saturated rings. The van der Waals surface area contributed by atoms with Crippen molar-refractivity contribution in [3.63, 3.8) is 0 Å². The molecule has 14 heteroatoms. The summed E-state index contributed by atoms with van der Waals surface area (Å²) in [6.45, 7) is 3.17. The SMILES string of the molecule is CC/C=C/C/C=C/C/C=C/C/C=C/C/C=C/CCCCCC(=O)OC[C@@H](COP(=O)(O)OC1C(O)C(O)C(O)[C@H](O)C1O)OC(=O)CCCCCCCCCCC/C=C/CCCCCCCC. The minimum Gasteiger partial charge on any atom is -0.462 e. The molecule has 1 aliphatic carbocycles. The quantitative estimate of drug-likeness (QED) is 0.0146. The molecule has 1 rings (SSSR count). The van der Waals surface area contributed by atoms with Gasteiger partial charge < -0.3 is 39.9 Å². The van der Waals surface area contributed by atoms with Crippen LogP contribution in [-0.2, 0) is 32.7 Å². The Bertz CT molecular complexity index is 1440. The van der Waals surface area contributed by atoms with E-state index in [9.17, 15) is 44.6 Å². The second-order valence-electron chi connectivity index (χ2n) is 17.6. The number of rotatable bonds is 42. The normalized spacial score (nSPS) is 21.7. The number of aliphatic hydroxyl groups is 5. The molecule has 8 atom stereocenters. The molecule has 0 aliphatic heterocycles. The van der Waals surface area contributed by atoms with E-state index < -0.39 is 75.7 Å². The zero-order valence-corrected chi connectivity index (χ0v) is 42.1. The van der Waals surface area contributed by atoms with Crippen LogP contribution in [-0.4, -0.2) is 98.3 Å². The third-order valence-corrected chi connectivity index (χ3v) is 12.5. The molecule has 67 heavy (non-hydrogen) atoms. The largest absolute Gasteiger partial charge is 0.472 e. The second-order valence-corrected chi connectivity index (χ2v) is 19.0. The molecule has 0 heterocycles. The Kier molecular flexibility index (Phi) is 39.2. The Morgan fingerprint density at radius 1 is 0.478 bits per heavy atom. The van der Waals surface area contributed by atoms with Crippen molar-refractivity contribution in [3.05, 3.63) is 72.9 Å². The van der Waals surface area contributed by atoms with Gasteiger partial charge in [-0.1, -0.05) is 170 Å². The molecule has 0 saturated heterocycles. The highest BCUT2D eigenvalue weighted by molar-refractivity contribution is 7.47. The first-order valence-corrected chi connectivity index (χ1v) is 27.2. The van der Waals surface area contributed by atoms with Crippen LogP contribution in [0.2, 0.25) is 0 Å². The van der Waals surface area contributed by atoms with E-state index in [1.807, 2.05) is 0 Å². The van der Waals surface area contributed by atoms with E-state index in [1.165, 1.54) is 70.6 Å². The number of hydrogen-bond acceptors (Lipinski definition) is 12. The van der Waals surface area contributed by atoms with Crippen LogP contribution in [0, 0.1) is 0 Å². The van der Waals surface area contributed by atoms with Gasteiger partial charge in [0, 0.05) is 12.8 Å². The highest BCUT2D eigenvalue weighted by Gasteiger charge is 2.51. The molecular weight excluding hydrogens is 876 g/mol. The van der Waals surface area contributed by atoms with Crippen molar-refractivity contribution in [3.8, 4) is 0 Å². The third kappa shape index (κ3) is 34.3. The number of esters is 2. The summed E-state index contributed by atoms with van der Waals surface area (Å²) in [5.74, 6) is -1.14. The van der Waals surface area contributed by atoms with Gasteiger partial charge in [0.05, 0.1) is 6.61 Å². The van der Waals surface area contributed by atoms with E-state index >= 15 is 0 Å². The van der Waals surface area contributed by atoms with Gasteiger partial charge in [-0.2, -0.15) is 0 Å². The molecule has 0 spiro atoms. The van der Waals surface area contributed by atoms with E-state index in [2.05, 4.69) is 86.8 Å². The molecule has 6 N–H and O–H groups in total. The molecule has 13 nitrogen and oxygen atoms in total. The first kappa shape index (κ1) is 62.3. The Labute approximate surface area is 404 Å². The number of allylic oxidation sites excluding steroid dienone is 12. The lowest BCUT2D eigenvalue weighted by Gasteiger charge is -2.41. The van der Waals surface area contributed by atoms with Crippen LogP contribution in [0.1, 0.15) is 194 Å². The lowest BCUT2D eigenvalue weighted by atomic mass is 9.85. The van der Waals surface area contributed by atoms with E-state index in [1.54, 1.807) is 0 Å². The van der Waals surface area contributed by atoms with E-state index in [0.29, 0.717) is 12.8 Å². The average Bonchev–Trinajstić information content (AvgIpc) is 3.31. The highest BCUT2D eigenvalue weighted by atomic mass is 31.2. The van der Waals surface area contributed by atoms with Gasteiger partial charge in [0.25, 0.3) is 0 Å². The molecule has 0 aromatic heterocycles. The number of phosphoric acid groups is 1. The summed E-state index contributed by atoms with van der Waals surface area (Å²) in [6.07, 6.45) is 40.9. The Hall–Kier alpha value is -2.71. The summed E-state index contributed by atoms with van der Waals surface area (Å²) in [6, 6.07) is 0. The molecule has 386 valence electrons. The second kappa shape index (κ2) is 42.2. The number of carbonyl (C=O) groups excluding carboxylic acids is 2. The lowest BCUT2D eigenvalue weighted by molar-refractivity contribution is -0.220. The maximum Gasteiger partial charge on any atom is 0.472 e. The summed E-state index contributed by atoms with van der Waals surface area (Å²) in [7, 11) is -5.13. The van der Waals surface area contributed by atoms with Crippen LogP contribution in [0.25, 0.3) is 0 Å². The van der Waals surface area contributed by atoms with Crippen LogP contribution < -0.4 is 0 Å². The van der Waals surface area contributed by atoms with Crippen LogP contribution in [0.5, 0.6) is 0 Å². The zero-order chi connectivity index (χ0) is 49.2. The molecule has 6 unspecified atom stereocenters. The smallest absolute Gasteiger partial charge is 0.462 e. The predicted molar refractivity (Wildman–Crippen MR) is 267 cm³/mol. The highest BCUT2D eigenvalue weighted by Crippen LogP contribution is 2.47. The summed E-state index contributed by atoms with van der Waals surface area (Å²) in [5.41, 5.74) is 0. The number of ether oxygens (including phenoxy) is 2. The average molecular weight is 967 g/mol. The first-order chi connectivity index (χ1) is 32.4. The monoisotopic (exact) mass is 967 g/mol. The standard InChI is InChI=1S/C53H91O13P/c1-3-5-7-9-11-13-15-17-19-21-23-25-27-29-31-33-35-37-39-41-46(54)63-43-45(44-64-67(61,62)66-53-51(59)49(57)48(56)50(58)52(53)60)65-47(55)42-40-38-36-34-32-30-28-26-24-22-20-18-16-14-12-10-8-6-4-2/h5,7,11,13,17-20,23,25,29,31,45,48-53,56-60H,3-4,6,8-10,12,14-16,21-22,24,26-28,30,32-44H2,1-2H3,(H,61,62)/b7-5+,13-11+,19-17+,20-18+,25-23+,31-29+/t45-,48?,49-,50?,51?,52?,53?/m0/s1. The number of phosphoric ester groups is 1. The van der Waals surface area contributed by atoms with Gasteiger partial charge in [-0.05, 0) is 83.5 Å². The van der Waals surface area contributed by atoms with Gasteiger partial charge in [-0.25, -0.2) is 4.57 Å². The molecule has 0 aromatic carbocycles. The summed E-state index contributed by atoms with van der Waals surface area (Å²) < 4.78 is 33.6. The number of hydrogen-bond donors (Lipinski definition) is 6.